The predicted molar refractivity (Wildman–Crippen MR) is 253 cm³/mol. The molecule has 9 heteroatoms. The second kappa shape index (κ2) is 41.6. The number of unbranched alkanes of at least 4 members (excludes halogenated alkanes) is 18. The van der Waals surface area contributed by atoms with Crippen molar-refractivity contribution >= 4 is 5.91 Å². The van der Waals surface area contributed by atoms with Crippen LogP contribution in [0.1, 0.15) is 194 Å². The molecule has 1 amide bonds. The van der Waals surface area contributed by atoms with Gasteiger partial charge < -0.3 is 40.3 Å². The molecule has 0 spiro atoms. The van der Waals surface area contributed by atoms with E-state index in [1.54, 1.807) is 0 Å². The number of rotatable bonds is 40. The summed E-state index contributed by atoms with van der Waals surface area (Å²) < 4.78 is 11.2. The number of carbonyl (C=O) groups is 1. The molecule has 61 heavy (non-hydrogen) atoms. The van der Waals surface area contributed by atoms with Gasteiger partial charge in [0.1, 0.15) is 24.4 Å². The summed E-state index contributed by atoms with van der Waals surface area (Å²) in [5.41, 5.74) is 0. The molecule has 7 atom stereocenters. The highest BCUT2D eigenvalue weighted by atomic mass is 16.7. The van der Waals surface area contributed by atoms with Gasteiger partial charge in [-0.15, -0.1) is 0 Å². The van der Waals surface area contributed by atoms with E-state index in [1.165, 1.54) is 77.0 Å². The van der Waals surface area contributed by atoms with Gasteiger partial charge in [-0.3, -0.25) is 4.79 Å². The summed E-state index contributed by atoms with van der Waals surface area (Å²) in [5, 5.41) is 54.3. The lowest BCUT2D eigenvalue weighted by Gasteiger charge is -2.40. The Hall–Kier alpha value is -2.37. The van der Waals surface area contributed by atoms with E-state index in [-0.39, 0.29) is 12.5 Å². The molecule has 0 aliphatic carbocycles. The van der Waals surface area contributed by atoms with E-state index in [9.17, 15) is 30.3 Å². The van der Waals surface area contributed by atoms with Crippen LogP contribution < -0.4 is 5.32 Å². The maximum atomic E-state index is 13.0. The van der Waals surface area contributed by atoms with E-state index in [0.717, 1.165) is 89.9 Å². The van der Waals surface area contributed by atoms with Gasteiger partial charge >= 0.3 is 0 Å². The Labute approximate surface area is 372 Å². The van der Waals surface area contributed by atoms with Crippen LogP contribution in [-0.2, 0) is 14.3 Å². The molecule has 0 saturated carbocycles. The Kier molecular flexibility index (Phi) is 38.7. The monoisotopic (exact) mass is 858 g/mol. The predicted octanol–water partition coefficient (Wildman–Crippen LogP) is 10.9. The third kappa shape index (κ3) is 32.0. The normalized spacial score (nSPS) is 21.1. The average molecular weight is 858 g/mol. The highest BCUT2D eigenvalue weighted by Gasteiger charge is 2.44. The Morgan fingerprint density at radius 3 is 1.51 bits per heavy atom. The number of nitrogens with one attached hydrogen (secondary N) is 1. The molecule has 7 unspecified atom stereocenters. The number of hydrogen-bond donors (Lipinski definition) is 6. The van der Waals surface area contributed by atoms with Crippen molar-refractivity contribution in [2.75, 3.05) is 13.2 Å². The second-order valence-electron chi connectivity index (χ2n) is 16.9. The molecular formula is C52H91NO8. The molecule has 1 fully saturated rings. The molecule has 1 heterocycles. The van der Waals surface area contributed by atoms with Crippen molar-refractivity contribution < 1.29 is 39.8 Å². The highest BCUT2D eigenvalue weighted by molar-refractivity contribution is 5.76. The number of aliphatic hydroxyl groups excluding tert-OH is 5. The Bertz CT molecular complexity index is 1180. The number of amides is 1. The van der Waals surface area contributed by atoms with Crippen LogP contribution in [-0.4, -0.2) is 87.5 Å². The molecule has 0 radical (unpaired) electrons. The van der Waals surface area contributed by atoms with Crippen LogP contribution in [0.2, 0.25) is 0 Å². The van der Waals surface area contributed by atoms with Crippen LogP contribution in [0.5, 0.6) is 0 Å². The third-order valence-electron chi connectivity index (χ3n) is 11.3. The third-order valence-corrected chi connectivity index (χ3v) is 11.3. The van der Waals surface area contributed by atoms with Crippen molar-refractivity contribution in [1.82, 2.24) is 5.32 Å². The maximum absolute atomic E-state index is 13.0. The van der Waals surface area contributed by atoms with Crippen molar-refractivity contribution in [3.05, 3.63) is 72.9 Å². The number of allylic oxidation sites excluding steroid dienone is 12. The lowest BCUT2D eigenvalue weighted by Crippen LogP contribution is -2.60. The number of hydrogen-bond acceptors (Lipinski definition) is 8. The fourth-order valence-corrected chi connectivity index (χ4v) is 7.40. The highest BCUT2D eigenvalue weighted by Crippen LogP contribution is 2.23. The molecule has 1 rings (SSSR count). The van der Waals surface area contributed by atoms with Gasteiger partial charge in [0.05, 0.1) is 25.4 Å². The zero-order chi connectivity index (χ0) is 44.4. The quantitative estimate of drug-likeness (QED) is 0.0264. The van der Waals surface area contributed by atoms with Gasteiger partial charge in [0.25, 0.3) is 0 Å². The van der Waals surface area contributed by atoms with Crippen LogP contribution >= 0.6 is 0 Å². The fourth-order valence-electron chi connectivity index (χ4n) is 7.40. The molecule has 9 nitrogen and oxygen atoms in total. The van der Waals surface area contributed by atoms with E-state index in [0.29, 0.717) is 12.8 Å². The summed E-state index contributed by atoms with van der Waals surface area (Å²) >= 11 is 0. The van der Waals surface area contributed by atoms with E-state index < -0.39 is 49.5 Å². The van der Waals surface area contributed by atoms with Crippen molar-refractivity contribution in [1.29, 1.82) is 0 Å². The average Bonchev–Trinajstić information content (AvgIpc) is 3.26. The standard InChI is InChI=1S/C52H91NO8/c1-3-5-7-9-11-13-15-16-17-18-19-20-21-22-23-24-25-26-27-28-29-30-32-34-36-38-40-42-48(56)53-45(44-60-52-51(59)50(58)49(57)47(43-54)61-52)46(55)41-39-37-35-33-31-14-12-10-8-6-4-2/h5,7,11,13,16-17,19-20,22-23,25-26,45-47,49-52,54-55,57-59H,3-4,6,8-10,12,14-15,18,21,24,27-44H2,1-2H3,(H,53,56)/b7-5-,13-11-,17-16-,20-19-,23-22-,26-25-. The van der Waals surface area contributed by atoms with Crippen LogP contribution in [0.4, 0.5) is 0 Å². The molecule has 1 aliphatic rings. The summed E-state index contributed by atoms with van der Waals surface area (Å²) in [4.78, 5) is 13.0. The van der Waals surface area contributed by atoms with Gasteiger partial charge in [-0.1, -0.05) is 196 Å². The molecule has 0 bridgehead atoms. The molecule has 0 aromatic rings. The molecule has 1 saturated heterocycles. The lowest BCUT2D eigenvalue weighted by molar-refractivity contribution is -0.302. The van der Waals surface area contributed by atoms with E-state index in [1.807, 2.05) is 0 Å². The van der Waals surface area contributed by atoms with E-state index >= 15 is 0 Å². The topological polar surface area (TPSA) is 149 Å². The van der Waals surface area contributed by atoms with Gasteiger partial charge in [-0.2, -0.15) is 0 Å². The first-order chi connectivity index (χ1) is 29.8. The first-order valence-electron chi connectivity index (χ1n) is 24.6. The summed E-state index contributed by atoms with van der Waals surface area (Å²) in [6.07, 6.45) is 49.1. The molecule has 6 N–H and O–H groups in total. The van der Waals surface area contributed by atoms with Gasteiger partial charge in [0.15, 0.2) is 6.29 Å². The second-order valence-corrected chi connectivity index (χ2v) is 16.9. The number of ether oxygens (including phenoxy) is 2. The minimum atomic E-state index is -1.56. The largest absolute Gasteiger partial charge is 0.394 e. The van der Waals surface area contributed by atoms with Crippen LogP contribution in [0.15, 0.2) is 72.9 Å². The van der Waals surface area contributed by atoms with Crippen LogP contribution in [0.25, 0.3) is 0 Å². The zero-order valence-corrected chi connectivity index (χ0v) is 38.6. The van der Waals surface area contributed by atoms with Crippen molar-refractivity contribution in [3.63, 3.8) is 0 Å². The SMILES string of the molecule is CC/C=C\C/C=C\C/C=C\C/C=C\C/C=C\C/C=C\CCCCCCCCCCC(=O)NC(COC1OC(CO)C(O)C(O)C1O)C(O)CCCCCCCCCCCCC. The minimum Gasteiger partial charge on any atom is -0.394 e. The van der Waals surface area contributed by atoms with E-state index in [4.69, 9.17) is 9.47 Å². The van der Waals surface area contributed by atoms with Crippen molar-refractivity contribution in [2.24, 2.45) is 0 Å². The Morgan fingerprint density at radius 2 is 1.02 bits per heavy atom. The maximum Gasteiger partial charge on any atom is 0.220 e. The first kappa shape index (κ1) is 56.6. The molecular weight excluding hydrogens is 767 g/mol. The summed E-state index contributed by atoms with van der Waals surface area (Å²) in [7, 11) is 0. The van der Waals surface area contributed by atoms with Gasteiger partial charge in [-0.25, -0.2) is 0 Å². The van der Waals surface area contributed by atoms with Crippen LogP contribution in [0, 0.1) is 0 Å². The smallest absolute Gasteiger partial charge is 0.220 e. The van der Waals surface area contributed by atoms with Crippen LogP contribution in [0.3, 0.4) is 0 Å². The molecule has 0 aromatic heterocycles. The summed E-state index contributed by atoms with van der Waals surface area (Å²) in [5.74, 6) is -0.158. The number of carbonyl (C=O) groups excluding carboxylic acids is 1. The zero-order valence-electron chi connectivity index (χ0n) is 38.6. The number of aliphatic hydroxyl groups is 5. The fraction of sp³-hybridized carbons (Fsp3) is 0.750. The summed E-state index contributed by atoms with van der Waals surface area (Å²) in [6, 6.07) is -0.726. The first-order valence-corrected chi connectivity index (χ1v) is 24.6. The molecule has 1 aliphatic heterocycles. The Morgan fingerprint density at radius 1 is 0.574 bits per heavy atom. The lowest BCUT2D eigenvalue weighted by atomic mass is 9.99. The van der Waals surface area contributed by atoms with Gasteiger partial charge in [0, 0.05) is 6.42 Å². The summed E-state index contributed by atoms with van der Waals surface area (Å²) in [6.45, 7) is 3.69. The Balaban J connectivity index is 2.24. The van der Waals surface area contributed by atoms with Gasteiger partial charge in [0.2, 0.25) is 5.91 Å². The molecule has 352 valence electrons. The van der Waals surface area contributed by atoms with E-state index in [2.05, 4.69) is 92.1 Å². The van der Waals surface area contributed by atoms with Crippen molar-refractivity contribution in [2.45, 2.75) is 236 Å². The molecule has 0 aromatic carbocycles. The minimum absolute atomic E-state index is 0.145. The van der Waals surface area contributed by atoms with Crippen molar-refractivity contribution in [3.8, 4) is 0 Å². The van der Waals surface area contributed by atoms with Gasteiger partial charge in [-0.05, 0) is 64.2 Å².